The second kappa shape index (κ2) is 6.92. The third-order valence-corrected chi connectivity index (χ3v) is 6.33. The van der Waals surface area contributed by atoms with Crippen molar-refractivity contribution in [3.63, 3.8) is 0 Å². The summed E-state index contributed by atoms with van der Waals surface area (Å²) in [7, 11) is 1.21. The topological polar surface area (TPSA) is 22.1 Å². The molecule has 0 spiro atoms. The van der Waals surface area contributed by atoms with E-state index in [2.05, 4.69) is 17.1 Å². The summed E-state index contributed by atoms with van der Waals surface area (Å²) in [5.74, 6) is 0.926. The fourth-order valence-electron chi connectivity index (χ4n) is 2.72. The van der Waals surface area contributed by atoms with Crippen LogP contribution in [0.15, 0.2) is 24.4 Å². The fourth-order valence-corrected chi connectivity index (χ4v) is 5.24. The zero-order valence-electron chi connectivity index (χ0n) is 10.7. The van der Waals surface area contributed by atoms with Gasteiger partial charge in [0, 0.05) is 24.9 Å². The Morgan fingerprint density at radius 2 is 2.12 bits per heavy atom. The van der Waals surface area contributed by atoms with E-state index >= 15 is 0 Å². The Balaban J connectivity index is 1.96. The van der Waals surface area contributed by atoms with Gasteiger partial charge in [0.15, 0.2) is 0 Å². The molecule has 1 aromatic rings. The van der Waals surface area contributed by atoms with Gasteiger partial charge in [-0.3, -0.25) is 4.98 Å². The number of hydrogen-bond acceptors (Lipinski definition) is 2. The Hall–Kier alpha value is -0.673. The first-order valence-electron chi connectivity index (χ1n) is 6.65. The van der Waals surface area contributed by atoms with Gasteiger partial charge in [-0.2, -0.15) is 0 Å². The maximum atomic E-state index is 5.41. The average Bonchev–Trinajstić information content (AvgIpc) is 2.40. The van der Waals surface area contributed by atoms with Crippen LogP contribution in [0.25, 0.3) is 0 Å². The Morgan fingerprint density at radius 1 is 1.29 bits per heavy atom. The molecule has 1 aliphatic rings. The quantitative estimate of drug-likeness (QED) is 0.747. The minimum Gasteiger partial charge on any atom is -0.388 e. The van der Waals surface area contributed by atoms with Crippen molar-refractivity contribution in [3.05, 3.63) is 24.4 Å². The lowest BCUT2D eigenvalue weighted by molar-refractivity contribution is 0.248. The molecule has 0 aromatic carbocycles. The summed E-state index contributed by atoms with van der Waals surface area (Å²) in [6.45, 7) is 0. The molecule has 17 heavy (non-hydrogen) atoms. The van der Waals surface area contributed by atoms with Gasteiger partial charge in [-0.1, -0.05) is 38.2 Å². The standard InChI is InChI=1S/C14H22NOSi/c1-16-12-17(14-9-5-6-10-15-14)11-13-7-3-2-4-8-13/h5-6,9-10,13H,2-4,7-8,11-12H2,1H3. The third kappa shape index (κ3) is 3.93. The molecule has 1 aromatic heterocycles. The van der Waals surface area contributed by atoms with Crippen LogP contribution in [0.5, 0.6) is 0 Å². The van der Waals surface area contributed by atoms with Crippen molar-refractivity contribution in [2.75, 3.05) is 13.3 Å². The molecule has 2 rings (SSSR count). The first-order chi connectivity index (χ1) is 8.40. The van der Waals surface area contributed by atoms with Crippen LogP contribution in [-0.2, 0) is 4.74 Å². The second-order valence-electron chi connectivity index (χ2n) is 4.96. The van der Waals surface area contributed by atoms with Crippen molar-refractivity contribution in [1.29, 1.82) is 0 Å². The summed E-state index contributed by atoms with van der Waals surface area (Å²) in [5, 5.41) is 1.30. The molecular weight excluding hydrogens is 226 g/mol. The molecular formula is C14H22NOSi. The first-order valence-corrected chi connectivity index (χ1v) is 8.56. The van der Waals surface area contributed by atoms with Crippen LogP contribution >= 0.6 is 0 Å². The highest BCUT2D eigenvalue weighted by Gasteiger charge is 2.22. The Bertz CT molecular complexity index is 311. The molecule has 93 valence electrons. The van der Waals surface area contributed by atoms with Gasteiger partial charge >= 0.3 is 0 Å². The normalized spacial score (nSPS) is 17.5. The molecule has 3 heteroatoms. The Morgan fingerprint density at radius 3 is 2.76 bits per heavy atom. The molecule has 0 bridgehead atoms. The highest BCUT2D eigenvalue weighted by Crippen LogP contribution is 2.27. The average molecular weight is 248 g/mol. The zero-order chi connectivity index (χ0) is 11.9. The highest BCUT2D eigenvalue weighted by atomic mass is 28.3. The van der Waals surface area contributed by atoms with Crippen LogP contribution in [0.1, 0.15) is 32.1 Å². The molecule has 2 nitrogen and oxygen atoms in total. The van der Waals surface area contributed by atoms with Gasteiger partial charge < -0.3 is 4.74 Å². The van der Waals surface area contributed by atoms with E-state index in [9.17, 15) is 0 Å². The van der Waals surface area contributed by atoms with Crippen LogP contribution in [-0.4, -0.2) is 27.1 Å². The summed E-state index contributed by atoms with van der Waals surface area (Å²) in [6, 6.07) is 7.62. The summed E-state index contributed by atoms with van der Waals surface area (Å²) in [5.41, 5.74) is 0. The van der Waals surface area contributed by atoms with Crippen molar-refractivity contribution >= 4 is 14.1 Å². The molecule has 0 saturated heterocycles. The van der Waals surface area contributed by atoms with Gasteiger partial charge in [0.1, 0.15) is 8.80 Å². The minimum absolute atomic E-state index is 0.605. The van der Waals surface area contributed by atoms with E-state index in [1.165, 1.54) is 43.5 Å². The molecule has 0 atom stereocenters. The monoisotopic (exact) mass is 248 g/mol. The number of ether oxygens (including phenoxy) is 1. The zero-order valence-corrected chi connectivity index (χ0v) is 11.7. The molecule has 0 N–H and O–H groups in total. The van der Waals surface area contributed by atoms with E-state index in [0.29, 0.717) is 0 Å². The van der Waals surface area contributed by atoms with Crippen LogP contribution in [0, 0.1) is 5.92 Å². The number of pyridine rings is 1. The summed E-state index contributed by atoms with van der Waals surface area (Å²) in [6.07, 6.45) is 9.95. The molecule has 1 heterocycles. The van der Waals surface area contributed by atoms with Gasteiger partial charge in [0.2, 0.25) is 0 Å². The molecule has 1 aliphatic carbocycles. The lowest BCUT2D eigenvalue weighted by atomic mass is 9.91. The third-order valence-electron chi connectivity index (χ3n) is 3.61. The summed E-state index contributed by atoms with van der Waals surface area (Å²) in [4.78, 5) is 4.53. The molecule has 1 fully saturated rings. The molecule has 0 amide bonds. The highest BCUT2D eigenvalue weighted by molar-refractivity contribution is 6.72. The van der Waals surface area contributed by atoms with E-state index in [-0.39, 0.29) is 0 Å². The molecule has 1 saturated carbocycles. The largest absolute Gasteiger partial charge is 0.388 e. The van der Waals surface area contributed by atoms with Gasteiger partial charge in [-0.15, -0.1) is 0 Å². The maximum absolute atomic E-state index is 5.41. The van der Waals surface area contributed by atoms with Crippen molar-refractivity contribution < 1.29 is 4.74 Å². The smallest absolute Gasteiger partial charge is 0.141 e. The van der Waals surface area contributed by atoms with Crippen LogP contribution in [0.4, 0.5) is 0 Å². The van der Waals surface area contributed by atoms with Gasteiger partial charge in [0.25, 0.3) is 0 Å². The molecule has 1 radical (unpaired) electrons. The predicted molar refractivity (Wildman–Crippen MR) is 72.9 cm³/mol. The lowest BCUT2D eigenvalue weighted by Gasteiger charge is -2.24. The number of hydrogen-bond donors (Lipinski definition) is 0. The van der Waals surface area contributed by atoms with E-state index in [1.807, 2.05) is 19.4 Å². The number of methoxy groups -OCH3 is 1. The number of aromatic nitrogens is 1. The van der Waals surface area contributed by atoms with Crippen LogP contribution < -0.4 is 5.32 Å². The maximum Gasteiger partial charge on any atom is 0.141 e. The number of rotatable bonds is 5. The van der Waals surface area contributed by atoms with Gasteiger partial charge in [-0.05, 0) is 24.1 Å². The first kappa shape index (κ1) is 12.8. The van der Waals surface area contributed by atoms with E-state index in [0.717, 1.165) is 12.1 Å². The second-order valence-corrected chi connectivity index (χ2v) is 7.38. The van der Waals surface area contributed by atoms with Crippen molar-refractivity contribution in [2.45, 2.75) is 38.1 Å². The SMILES string of the molecule is COC[Si](CC1CCCCC1)c1ccccn1. The van der Waals surface area contributed by atoms with Gasteiger partial charge in [-0.25, -0.2) is 0 Å². The summed E-state index contributed by atoms with van der Waals surface area (Å²) < 4.78 is 5.41. The minimum atomic E-state index is -0.605. The molecule has 0 unspecified atom stereocenters. The lowest BCUT2D eigenvalue weighted by Crippen LogP contribution is -2.39. The Labute approximate surface area is 106 Å². The Kier molecular flexibility index (Phi) is 5.20. The van der Waals surface area contributed by atoms with E-state index in [4.69, 9.17) is 4.74 Å². The van der Waals surface area contributed by atoms with E-state index < -0.39 is 8.80 Å². The van der Waals surface area contributed by atoms with Crippen LogP contribution in [0.2, 0.25) is 6.04 Å². The van der Waals surface area contributed by atoms with Crippen molar-refractivity contribution in [3.8, 4) is 0 Å². The summed E-state index contributed by atoms with van der Waals surface area (Å²) >= 11 is 0. The fraction of sp³-hybridized carbons (Fsp3) is 0.643. The van der Waals surface area contributed by atoms with Crippen molar-refractivity contribution in [1.82, 2.24) is 4.98 Å². The van der Waals surface area contributed by atoms with E-state index in [1.54, 1.807) is 0 Å². The van der Waals surface area contributed by atoms with Crippen LogP contribution in [0.3, 0.4) is 0 Å². The van der Waals surface area contributed by atoms with Gasteiger partial charge in [0.05, 0.1) is 0 Å². The number of nitrogens with zero attached hydrogens (tertiary/aromatic N) is 1. The molecule has 0 aliphatic heterocycles. The predicted octanol–water partition coefficient (Wildman–Crippen LogP) is 2.55. The van der Waals surface area contributed by atoms with Crippen molar-refractivity contribution in [2.24, 2.45) is 5.92 Å².